The average molecular weight is 268 g/mol. The Hall–Kier alpha value is -1.95. The van der Waals surface area contributed by atoms with Crippen molar-refractivity contribution in [2.24, 2.45) is 0 Å². The Morgan fingerprint density at radius 2 is 2.00 bits per heavy atom. The van der Waals surface area contributed by atoms with Gasteiger partial charge in [-0.1, -0.05) is 11.6 Å². The number of hydrogen-bond acceptors (Lipinski definition) is 4. The molecule has 1 aliphatic heterocycles. The van der Waals surface area contributed by atoms with Gasteiger partial charge in [0.15, 0.2) is 0 Å². The molecule has 1 aromatic heterocycles. The third-order valence-corrected chi connectivity index (χ3v) is 2.77. The van der Waals surface area contributed by atoms with Gasteiger partial charge < -0.3 is 4.90 Å². The second-order valence-corrected chi connectivity index (χ2v) is 4.35. The second kappa shape index (κ2) is 4.73. The number of amides is 3. The fraction of sp³-hybridized carbons (Fsp3) is 0.273. The Labute approximate surface area is 108 Å². The number of carbonyl (C=O) groups is 3. The highest BCUT2D eigenvalue weighted by atomic mass is 35.5. The molecule has 0 saturated carbocycles. The van der Waals surface area contributed by atoms with Crippen LogP contribution in [0, 0.1) is 6.92 Å². The molecular weight excluding hydrogens is 258 g/mol. The van der Waals surface area contributed by atoms with Crippen LogP contribution in [0.4, 0.5) is 0 Å². The van der Waals surface area contributed by atoms with Crippen molar-refractivity contribution in [3.8, 4) is 0 Å². The summed E-state index contributed by atoms with van der Waals surface area (Å²) in [7, 11) is 0. The molecule has 6 nitrogen and oxygen atoms in total. The molecular formula is C11H10ClN3O3. The van der Waals surface area contributed by atoms with Gasteiger partial charge in [-0.15, -0.1) is 0 Å². The number of rotatable bonds is 1. The summed E-state index contributed by atoms with van der Waals surface area (Å²) in [5, 5.41) is 2.37. The summed E-state index contributed by atoms with van der Waals surface area (Å²) in [5.41, 5.74) is 0.869. The number of aromatic nitrogens is 1. The lowest BCUT2D eigenvalue weighted by molar-refractivity contribution is -0.135. The van der Waals surface area contributed by atoms with E-state index in [9.17, 15) is 14.4 Å². The molecule has 3 amide bonds. The Balaban J connectivity index is 2.25. The topological polar surface area (TPSA) is 79.4 Å². The van der Waals surface area contributed by atoms with Crippen molar-refractivity contribution in [2.45, 2.75) is 6.92 Å². The lowest BCUT2D eigenvalue weighted by Gasteiger charge is -2.25. The highest BCUT2D eigenvalue weighted by Crippen LogP contribution is 2.18. The predicted octanol–water partition coefficient (Wildman–Crippen LogP) is 0.142. The zero-order chi connectivity index (χ0) is 13.3. The first-order valence-corrected chi connectivity index (χ1v) is 5.59. The van der Waals surface area contributed by atoms with Gasteiger partial charge in [0.05, 0.1) is 10.6 Å². The van der Waals surface area contributed by atoms with Gasteiger partial charge in [0.1, 0.15) is 13.1 Å². The molecule has 2 rings (SSSR count). The van der Waals surface area contributed by atoms with Crippen molar-refractivity contribution in [1.29, 1.82) is 0 Å². The maximum absolute atomic E-state index is 12.1. The summed E-state index contributed by atoms with van der Waals surface area (Å²) in [4.78, 5) is 39.6. The van der Waals surface area contributed by atoms with E-state index >= 15 is 0 Å². The van der Waals surface area contributed by atoms with Gasteiger partial charge in [0.25, 0.3) is 5.91 Å². The summed E-state index contributed by atoms with van der Waals surface area (Å²) in [6.45, 7) is 1.43. The first-order chi connectivity index (χ1) is 8.47. The van der Waals surface area contributed by atoms with E-state index in [4.69, 9.17) is 11.6 Å². The van der Waals surface area contributed by atoms with Gasteiger partial charge >= 0.3 is 0 Å². The molecule has 0 unspecified atom stereocenters. The van der Waals surface area contributed by atoms with Crippen molar-refractivity contribution >= 4 is 29.3 Å². The van der Waals surface area contributed by atoms with Crippen molar-refractivity contribution in [1.82, 2.24) is 15.2 Å². The largest absolute Gasteiger partial charge is 0.320 e. The van der Waals surface area contributed by atoms with Gasteiger partial charge in [0, 0.05) is 11.9 Å². The molecule has 0 spiro atoms. The molecule has 1 saturated heterocycles. The van der Waals surface area contributed by atoms with Crippen LogP contribution >= 0.6 is 11.6 Å². The molecule has 18 heavy (non-hydrogen) atoms. The Bertz CT molecular complexity index is 528. The minimum absolute atomic E-state index is 0.158. The van der Waals surface area contributed by atoms with E-state index < -0.39 is 17.7 Å². The smallest absolute Gasteiger partial charge is 0.257 e. The van der Waals surface area contributed by atoms with E-state index in [1.807, 2.05) is 0 Å². The number of piperazine rings is 1. The SMILES string of the molecule is Cc1cc(Cl)c(C(=O)N2CC(=O)NC(=O)C2)cn1. The summed E-state index contributed by atoms with van der Waals surface area (Å²) < 4.78 is 0. The highest BCUT2D eigenvalue weighted by Gasteiger charge is 2.28. The first-order valence-electron chi connectivity index (χ1n) is 5.21. The van der Waals surface area contributed by atoms with Crippen LogP contribution in [-0.4, -0.2) is 40.7 Å². The fourth-order valence-corrected chi connectivity index (χ4v) is 1.92. The minimum atomic E-state index is -0.504. The number of carbonyl (C=O) groups excluding carboxylic acids is 3. The number of halogens is 1. The normalized spacial score (nSPS) is 15.6. The van der Waals surface area contributed by atoms with Gasteiger partial charge in [-0.25, -0.2) is 0 Å². The maximum atomic E-state index is 12.1. The monoisotopic (exact) mass is 267 g/mol. The summed E-state index contributed by atoms with van der Waals surface area (Å²) in [5.74, 6) is -1.48. The van der Waals surface area contributed by atoms with E-state index in [0.29, 0.717) is 5.69 Å². The predicted molar refractivity (Wildman–Crippen MR) is 63.0 cm³/mol. The van der Waals surface area contributed by atoms with E-state index in [2.05, 4.69) is 10.3 Å². The molecule has 0 bridgehead atoms. The molecule has 1 aromatic rings. The number of nitrogens with one attached hydrogen (secondary N) is 1. The van der Waals surface area contributed by atoms with Crippen LogP contribution in [0.15, 0.2) is 12.3 Å². The average Bonchev–Trinajstić information content (AvgIpc) is 2.26. The highest BCUT2D eigenvalue weighted by molar-refractivity contribution is 6.33. The van der Waals surface area contributed by atoms with Crippen molar-refractivity contribution in [3.05, 3.63) is 28.5 Å². The molecule has 94 valence electrons. The van der Waals surface area contributed by atoms with Crippen LogP contribution in [0.3, 0.4) is 0 Å². The van der Waals surface area contributed by atoms with Gasteiger partial charge in [-0.2, -0.15) is 0 Å². The quantitative estimate of drug-likeness (QED) is 0.734. The maximum Gasteiger partial charge on any atom is 0.257 e. The second-order valence-electron chi connectivity index (χ2n) is 3.94. The van der Waals surface area contributed by atoms with Gasteiger partial charge in [-0.05, 0) is 13.0 Å². The van der Waals surface area contributed by atoms with Crippen molar-refractivity contribution < 1.29 is 14.4 Å². The van der Waals surface area contributed by atoms with Crippen molar-refractivity contribution in [3.63, 3.8) is 0 Å². The Kier molecular flexibility index (Phi) is 3.29. The van der Waals surface area contributed by atoms with E-state index in [0.717, 1.165) is 4.90 Å². The summed E-state index contributed by atoms with van der Waals surface area (Å²) in [6, 6.07) is 1.56. The third-order valence-electron chi connectivity index (χ3n) is 2.46. The van der Waals surface area contributed by atoms with E-state index in [1.54, 1.807) is 13.0 Å². The number of pyridine rings is 1. The minimum Gasteiger partial charge on any atom is -0.320 e. The molecule has 0 atom stereocenters. The zero-order valence-electron chi connectivity index (χ0n) is 9.57. The van der Waals surface area contributed by atoms with Crippen LogP contribution in [0.2, 0.25) is 5.02 Å². The van der Waals surface area contributed by atoms with Crippen LogP contribution in [0.25, 0.3) is 0 Å². The summed E-state index contributed by atoms with van der Waals surface area (Å²) >= 11 is 5.94. The first kappa shape index (κ1) is 12.5. The standard InChI is InChI=1S/C11H10ClN3O3/c1-6-2-8(12)7(3-13-6)11(18)15-4-9(16)14-10(17)5-15/h2-3H,4-5H2,1H3,(H,14,16,17). The fourth-order valence-electron chi connectivity index (χ4n) is 1.63. The molecule has 0 aromatic carbocycles. The molecule has 1 fully saturated rings. The van der Waals surface area contributed by atoms with Gasteiger partial charge in [-0.3, -0.25) is 24.7 Å². The van der Waals surface area contributed by atoms with E-state index in [-0.39, 0.29) is 23.7 Å². The van der Waals surface area contributed by atoms with Crippen LogP contribution < -0.4 is 5.32 Å². The summed E-state index contributed by atoms with van der Waals surface area (Å²) in [6.07, 6.45) is 1.34. The van der Waals surface area contributed by atoms with E-state index in [1.165, 1.54) is 6.20 Å². The lowest BCUT2D eigenvalue weighted by atomic mass is 10.2. The van der Waals surface area contributed by atoms with Crippen molar-refractivity contribution in [2.75, 3.05) is 13.1 Å². The van der Waals surface area contributed by atoms with Crippen LogP contribution in [-0.2, 0) is 9.59 Å². The number of hydrogen-bond donors (Lipinski definition) is 1. The lowest BCUT2D eigenvalue weighted by Crippen LogP contribution is -2.53. The number of imide groups is 1. The molecule has 1 N–H and O–H groups in total. The molecule has 0 aliphatic carbocycles. The third kappa shape index (κ3) is 2.48. The molecule has 7 heteroatoms. The number of aryl methyl sites for hydroxylation is 1. The molecule has 2 heterocycles. The van der Waals surface area contributed by atoms with Crippen LogP contribution in [0.1, 0.15) is 16.1 Å². The van der Waals surface area contributed by atoms with Gasteiger partial charge in [0.2, 0.25) is 11.8 Å². The Morgan fingerprint density at radius 3 is 2.56 bits per heavy atom. The zero-order valence-corrected chi connectivity index (χ0v) is 10.3. The molecule has 0 radical (unpaired) electrons. The molecule has 1 aliphatic rings. The number of nitrogens with zero attached hydrogens (tertiary/aromatic N) is 2. The van der Waals surface area contributed by atoms with Crippen LogP contribution in [0.5, 0.6) is 0 Å². The Morgan fingerprint density at radius 1 is 1.39 bits per heavy atom.